The zero-order valence-electron chi connectivity index (χ0n) is 9.08. The van der Waals surface area contributed by atoms with Gasteiger partial charge in [0.1, 0.15) is 0 Å². The first kappa shape index (κ1) is 12.5. The molecule has 0 aliphatic rings. The zero-order valence-corrected chi connectivity index (χ0v) is 9.83. The second-order valence-corrected chi connectivity index (χ2v) is 4.01. The molecule has 0 spiro atoms. The molecule has 1 atom stereocenters. The van der Waals surface area contributed by atoms with E-state index < -0.39 is 0 Å². The summed E-state index contributed by atoms with van der Waals surface area (Å²) in [6, 6.07) is 7.99. The van der Waals surface area contributed by atoms with Crippen LogP contribution in [0, 0.1) is 0 Å². The van der Waals surface area contributed by atoms with Crippen molar-refractivity contribution in [2.24, 2.45) is 5.73 Å². The van der Waals surface area contributed by atoms with Gasteiger partial charge >= 0.3 is 0 Å². The van der Waals surface area contributed by atoms with Crippen molar-refractivity contribution in [2.45, 2.75) is 25.8 Å². The lowest BCUT2D eigenvalue weighted by Crippen LogP contribution is -2.24. The van der Waals surface area contributed by atoms with Crippen LogP contribution in [0.25, 0.3) is 0 Å². The Morgan fingerprint density at radius 3 is 2.60 bits per heavy atom. The Hall–Kier alpha value is -0.570. The molecule has 1 unspecified atom stereocenters. The van der Waals surface area contributed by atoms with Crippen molar-refractivity contribution in [3.63, 3.8) is 0 Å². The number of ether oxygens (including phenoxy) is 1. The lowest BCUT2D eigenvalue weighted by molar-refractivity contribution is 0.140. The molecule has 0 bridgehead atoms. The van der Waals surface area contributed by atoms with Gasteiger partial charge < -0.3 is 10.5 Å². The summed E-state index contributed by atoms with van der Waals surface area (Å²) in [7, 11) is 0. The molecular weight excluding hydrogens is 210 g/mol. The predicted molar refractivity (Wildman–Crippen MR) is 64.2 cm³/mol. The summed E-state index contributed by atoms with van der Waals surface area (Å²) < 4.78 is 5.26. The molecule has 0 heterocycles. The summed E-state index contributed by atoms with van der Waals surface area (Å²) in [5, 5.41) is 0.765. The van der Waals surface area contributed by atoms with Crippen molar-refractivity contribution in [1.82, 2.24) is 0 Å². The van der Waals surface area contributed by atoms with Crippen LogP contribution >= 0.6 is 11.6 Å². The predicted octanol–water partition coefficient (Wildman–Crippen LogP) is 2.64. The summed E-state index contributed by atoms with van der Waals surface area (Å²) in [5.74, 6) is 0. The molecule has 15 heavy (non-hydrogen) atoms. The van der Waals surface area contributed by atoms with E-state index in [0.717, 1.165) is 31.1 Å². The van der Waals surface area contributed by atoms with Gasteiger partial charge in [0.25, 0.3) is 0 Å². The van der Waals surface area contributed by atoms with Crippen molar-refractivity contribution in [3.05, 3.63) is 34.9 Å². The van der Waals surface area contributed by atoms with Gasteiger partial charge in [-0.1, -0.05) is 23.7 Å². The molecule has 3 heteroatoms. The monoisotopic (exact) mass is 227 g/mol. The van der Waals surface area contributed by atoms with E-state index in [0.29, 0.717) is 0 Å². The van der Waals surface area contributed by atoms with Gasteiger partial charge in [-0.15, -0.1) is 0 Å². The lowest BCUT2D eigenvalue weighted by Gasteiger charge is -2.11. The van der Waals surface area contributed by atoms with Crippen LogP contribution in [-0.4, -0.2) is 19.3 Å². The van der Waals surface area contributed by atoms with Gasteiger partial charge in [-0.05, 0) is 37.5 Å². The first-order valence-corrected chi connectivity index (χ1v) is 5.68. The van der Waals surface area contributed by atoms with Gasteiger partial charge in [0.2, 0.25) is 0 Å². The van der Waals surface area contributed by atoms with Gasteiger partial charge in [0, 0.05) is 24.3 Å². The minimum Gasteiger partial charge on any atom is -0.382 e. The van der Waals surface area contributed by atoms with Gasteiger partial charge in [0.15, 0.2) is 0 Å². The zero-order chi connectivity index (χ0) is 11.1. The van der Waals surface area contributed by atoms with Crippen molar-refractivity contribution in [2.75, 3.05) is 13.2 Å². The second kappa shape index (κ2) is 6.83. The van der Waals surface area contributed by atoms with E-state index in [4.69, 9.17) is 22.1 Å². The van der Waals surface area contributed by atoms with Crippen LogP contribution < -0.4 is 5.73 Å². The lowest BCUT2D eigenvalue weighted by atomic mass is 10.0. The van der Waals surface area contributed by atoms with Crippen molar-refractivity contribution in [1.29, 1.82) is 0 Å². The van der Waals surface area contributed by atoms with Crippen LogP contribution in [-0.2, 0) is 11.2 Å². The van der Waals surface area contributed by atoms with Crippen molar-refractivity contribution >= 4 is 11.6 Å². The van der Waals surface area contributed by atoms with Gasteiger partial charge in [-0.3, -0.25) is 0 Å². The normalized spacial score (nSPS) is 12.7. The fraction of sp³-hybridized carbons (Fsp3) is 0.500. The molecule has 0 saturated carbocycles. The van der Waals surface area contributed by atoms with Crippen LogP contribution in [0.2, 0.25) is 5.02 Å². The van der Waals surface area contributed by atoms with Crippen LogP contribution in [0.15, 0.2) is 24.3 Å². The largest absolute Gasteiger partial charge is 0.382 e. The fourth-order valence-corrected chi connectivity index (χ4v) is 1.53. The molecule has 0 radical (unpaired) electrons. The van der Waals surface area contributed by atoms with E-state index in [1.165, 1.54) is 5.56 Å². The Balaban J connectivity index is 2.31. The van der Waals surface area contributed by atoms with E-state index in [1.54, 1.807) is 0 Å². The van der Waals surface area contributed by atoms with Crippen molar-refractivity contribution in [3.8, 4) is 0 Å². The number of hydrogen-bond acceptors (Lipinski definition) is 2. The highest BCUT2D eigenvalue weighted by Gasteiger charge is 2.03. The van der Waals surface area contributed by atoms with E-state index in [9.17, 15) is 0 Å². The Morgan fingerprint density at radius 2 is 2.00 bits per heavy atom. The van der Waals surface area contributed by atoms with Crippen LogP contribution in [0.4, 0.5) is 0 Å². The average Bonchev–Trinajstić information content (AvgIpc) is 2.22. The van der Waals surface area contributed by atoms with Crippen LogP contribution in [0.5, 0.6) is 0 Å². The molecule has 1 aromatic carbocycles. The molecule has 0 aliphatic carbocycles. The number of rotatable bonds is 6. The summed E-state index contributed by atoms with van der Waals surface area (Å²) in [4.78, 5) is 0. The first-order chi connectivity index (χ1) is 7.22. The molecule has 0 fully saturated rings. The Labute approximate surface area is 96.4 Å². The SMILES string of the molecule is CCOCCC(N)Cc1ccc(Cl)cc1. The summed E-state index contributed by atoms with van der Waals surface area (Å²) in [5.41, 5.74) is 7.20. The van der Waals surface area contributed by atoms with Gasteiger partial charge in [-0.25, -0.2) is 0 Å². The molecule has 1 aromatic rings. The molecule has 0 amide bonds. The highest BCUT2D eigenvalue weighted by molar-refractivity contribution is 6.30. The number of nitrogens with two attached hydrogens (primary N) is 1. The molecule has 1 rings (SSSR count). The number of hydrogen-bond donors (Lipinski definition) is 1. The van der Waals surface area contributed by atoms with Crippen molar-refractivity contribution < 1.29 is 4.74 Å². The van der Waals surface area contributed by atoms with E-state index in [-0.39, 0.29) is 6.04 Å². The first-order valence-electron chi connectivity index (χ1n) is 5.30. The minimum absolute atomic E-state index is 0.165. The molecule has 2 nitrogen and oxygen atoms in total. The third-order valence-electron chi connectivity index (χ3n) is 2.25. The maximum atomic E-state index is 5.97. The van der Waals surface area contributed by atoms with Crippen LogP contribution in [0.1, 0.15) is 18.9 Å². The Bertz CT molecular complexity index is 273. The fourth-order valence-electron chi connectivity index (χ4n) is 1.40. The smallest absolute Gasteiger partial charge is 0.0480 e. The maximum absolute atomic E-state index is 5.97. The summed E-state index contributed by atoms with van der Waals surface area (Å²) in [6.45, 7) is 3.49. The highest BCUT2D eigenvalue weighted by atomic mass is 35.5. The molecule has 0 aliphatic heterocycles. The Morgan fingerprint density at radius 1 is 1.33 bits per heavy atom. The number of halogens is 1. The standard InChI is InChI=1S/C12H18ClNO/c1-2-15-8-7-12(14)9-10-3-5-11(13)6-4-10/h3-6,12H,2,7-9,14H2,1H3. The highest BCUT2D eigenvalue weighted by Crippen LogP contribution is 2.11. The number of benzene rings is 1. The molecule has 2 N–H and O–H groups in total. The maximum Gasteiger partial charge on any atom is 0.0480 e. The average molecular weight is 228 g/mol. The molecule has 0 saturated heterocycles. The molecular formula is C12H18ClNO. The second-order valence-electron chi connectivity index (χ2n) is 3.58. The minimum atomic E-state index is 0.165. The summed E-state index contributed by atoms with van der Waals surface area (Å²) in [6.07, 6.45) is 1.78. The quantitative estimate of drug-likeness (QED) is 0.759. The van der Waals surface area contributed by atoms with E-state index >= 15 is 0 Å². The Kier molecular flexibility index (Phi) is 5.69. The third kappa shape index (κ3) is 5.17. The molecule has 0 aromatic heterocycles. The van der Waals surface area contributed by atoms with Gasteiger partial charge in [-0.2, -0.15) is 0 Å². The molecule has 84 valence electrons. The van der Waals surface area contributed by atoms with E-state index in [1.807, 2.05) is 31.2 Å². The van der Waals surface area contributed by atoms with Gasteiger partial charge in [0.05, 0.1) is 0 Å². The van der Waals surface area contributed by atoms with Crippen LogP contribution in [0.3, 0.4) is 0 Å². The third-order valence-corrected chi connectivity index (χ3v) is 2.50. The van der Waals surface area contributed by atoms with E-state index in [2.05, 4.69) is 0 Å². The topological polar surface area (TPSA) is 35.2 Å². The summed E-state index contributed by atoms with van der Waals surface area (Å²) >= 11 is 5.80.